The van der Waals surface area contributed by atoms with Crippen LogP contribution in [0, 0.1) is 5.92 Å². The largest absolute Gasteiger partial charge is 0.390 e. The molecule has 3 aliphatic rings. The van der Waals surface area contributed by atoms with Gasteiger partial charge in [0.05, 0.1) is 6.10 Å². The van der Waals surface area contributed by atoms with E-state index in [0.717, 1.165) is 19.3 Å². The summed E-state index contributed by atoms with van der Waals surface area (Å²) < 4.78 is 20.0. The topological polar surface area (TPSA) is 74.1 Å². The number of ether oxygens (including phenoxy) is 1. The van der Waals surface area contributed by atoms with E-state index in [1.165, 1.54) is 11.8 Å². The van der Waals surface area contributed by atoms with Gasteiger partial charge in [0.1, 0.15) is 23.7 Å². The SMILES string of the molecule is CNC1=N[C@@H]2[C@@H](F)[C@H](O)[C@@H](C(O)C3CCC3)O[C@@H]2S1. The molecule has 1 unspecified atom stereocenters. The molecule has 1 saturated heterocycles. The van der Waals surface area contributed by atoms with Gasteiger partial charge in [-0.25, -0.2) is 4.39 Å². The van der Waals surface area contributed by atoms with Crippen LogP contribution in [-0.4, -0.2) is 58.4 Å². The smallest absolute Gasteiger partial charge is 0.159 e. The van der Waals surface area contributed by atoms with Gasteiger partial charge in [-0.15, -0.1) is 0 Å². The van der Waals surface area contributed by atoms with Crippen LogP contribution in [0.1, 0.15) is 19.3 Å². The summed E-state index contributed by atoms with van der Waals surface area (Å²) in [4.78, 5) is 4.16. The van der Waals surface area contributed by atoms with Crippen LogP contribution in [0.15, 0.2) is 4.99 Å². The number of hydrogen-bond acceptors (Lipinski definition) is 6. The lowest BCUT2D eigenvalue weighted by molar-refractivity contribution is -0.184. The van der Waals surface area contributed by atoms with Gasteiger partial charge in [-0.05, 0) is 18.8 Å². The third-order valence-electron chi connectivity index (χ3n) is 4.24. The van der Waals surface area contributed by atoms with Crippen LogP contribution in [0.25, 0.3) is 0 Å². The number of fused-ring (bicyclic) bond motifs is 1. The van der Waals surface area contributed by atoms with Crippen molar-refractivity contribution in [2.75, 3.05) is 7.05 Å². The predicted molar refractivity (Wildman–Crippen MR) is 70.8 cm³/mol. The van der Waals surface area contributed by atoms with E-state index in [-0.39, 0.29) is 5.92 Å². The average molecular weight is 290 g/mol. The molecular formula is C12H19FN2O3S. The molecule has 0 aromatic rings. The van der Waals surface area contributed by atoms with E-state index in [4.69, 9.17) is 4.74 Å². The molecule has 0 aromatic heterocycles. The summed E-state index contributed by atoms with van der Waals surface area (Å²) in [6, 6.07) is -0.688. The highest BCUT2D eigenvalue weighted by Gasteiger charge is 2.52. The molecular weight excluding hydrogens is 271 g/mol. The summed E-state index contributed by atoms with van der Waals surface area (Å²) >= 11 is 1.31. The van der Waals surface area contributed by atoms with Crippen LogP contribution >= 0.6 is 11.8 Å². The number of rotatable bonds is 2. The summed E-state index contributed by atoms with van der Waals surface area (Å²) in [5, 5.41) is 23.7. The molecule has 5 nitrogen and oxygen atoms in total. The Morgan fingerprint density at radius 1 is 1.53 bits per heavy atom. The highest BCUT2D eigenvalue weighted by Crippen LogP contribution is 2.41. The first kappa shape index (κ1) is 13.6. The number of nitrogens with zero attached hydrogens (tertiary/aromatic N) is 1. The summed E-state index contributed by atoms with van der Waals surface area (Å²) in [6.07, 6.45) is -1.51. The Hall–Kier alpha value is -0.370. The molecule has 19 heavy (non-hydrogen) atoms. The maximum atomic E-state index is 14.2. The van der Waals surface area contributed by atoms with Gasteiger partial charge in [0.25, 0.3) is 0 Å². The minimum atomic E-state index is -1.49. The van der Waals surface area contributed by atoms with E-state index in [1.54, 1.807) is 7.05 Å². The molecule has 0 bridgehead atoms. The zero-order valence-corrected chi connectivity index (χ0v) is 11.5. The molecule has 2 aliphatic heterocycles. The van der Waals surface area contributed by atoms with Gasteiger partial charge in [0, 0.05) is 7.05 Å². The van der Waals surface area contributed by atoms with Crippen molar-refractivity contribution in [1.29, 1.82) is 0 Å². The fraction of sp³-hybridized carbons (Fsp3) is 0.917. The van der Waals surface area contributed by atoms with Gasteiger partial charge >= 0.3 is 0 Å². The summed E-state index contributed by atoms with van der Waals surface area (Å²) in [6.45, 7) is 0. The van der Waals surface area contributed by atoms with E-state index in [0.29, 0.717) is 5.17 Å². The molecule has 3 N–H and O–H groups in total. The number of alkyl halides is 1. The lowest BCUT2D eigenvalue weighted by atomic mass is 9.77. The number of hydrogen-bond donors (Lipinski definition) is 3. The number of amidine groups is 1. The normalized spacial score (nSPS) is 44.2. The van der Waals surface area contributed by atoms with Crippen molar-refractivity contribution in [1.82, 2.24) is 5.32 Å². The highest BCUT2D eigenvalue weighted by molar-refractivity contribution is 8.14. The molecule has 108 valence electrons. The Morgan fingerprint density at radius 3 is 2.84 bits per heavy atom. The monoisotopic (exact) mass is 290 g/mol. The van der Waals surface area contributed by atoms with Crippen molar-refractivity contribution in [2.45, 2.75) is 55.2 Å². The van der Waals surface area contributed by atoms with E-state index >= 15 is 0 Å². The number of aliphatic hydroxyl groups excluding tert-OH is 2. The van der Waals surface area contributed by atoms with Crippen LogP contribution in [0.5, 0.6) is 0 Å². The predicted octanol–water partition coefficient (Wildman–Crippen LogP) is 0.262. The second-order valence-corrected chi connectivity index (χ2v) is 6.47. The molecule has 1 saturated carbocycles. The fourth-order valence-electron chi connectivity index (χ4n) is 2.81. The Bertz CT molecular complexity index is 380. The molecule has 7 heteroatoms. The van der Waals surface area contributed by atoms with Crippen LogP contribution in [0.4, 0.5) is 4.39 Å². The van der Waals surface area contributed by atoms with E-state index < -0.39 is 36.0 Å². The number of halogens is 1. The lowest BCUT2D eigenvalue weighted by Crippen LogP contribution is -2.58. The molecule has 0 spiro atoms. The van der Waals surface area contributed by atoms with Gasteiger partial charge in [0.15, 0.2) is 11.3 Å². The van der Waals surface area contributed by atoms with Crippen LogP contribution in [-0.2, 0) is 4.74 Å². The third-order valence-corrected chi connectivity index (χ3v) is 5.39. The lowest BCUT2D eigenvalue weighted by Gasteiger charge is -2.43. The first-order valence-corrected chi connectivity index (χ1v) is 7.57. The third kappa shape index (κ3) is 2.26. The first-order chi connectivity index (χ1) is 9.11. The van der Waals surface area contributed by atoms with Crippen molar-refractivity contribution < 1.29 is 19.3 Å². The summed E-state index contributed by atoms with van der Waals surface area (Å²) in [5.74, 6) is 0.125. The Labute approximate surface area is 115 Å². The highest BCUT2D eigenvalue weighted by atomic mass is 32.2. The van der Waals surface area contributed by atoms with Gasteiger partial charge in [-0.2, -0.15) is 0 Å². The minimum absolute atomic E-state index is 0.125. The standard InChI is InChI=1S/C12H19FN2O3S/c1-14-12-15-7-6(13)9(17)10(18-11(7)19-12)8(16)5-3-2-4-5/h5-11,16-17H,2-4H2,1H3,(H,14,15)/t6-,7-,8?,9+,10-,11-/m1/s1. The molecule has 3 rings (SSSR count). The summed E-state index contributed by atoms with van der Waals surface area (Å²) in [7, 11) is 1.72. The van der Waals surface area contributed by atoms with Crippen LogP contribution < -0.4 is 5.32 Å². The average Bonchev–Trinajstić information content (AvgIpc) is 2.74. The van der Waals surface area contributed by atoms with Crippen molar-refractivity contribution >= 4 is 16.9 Å². The molecule has 6 atom stereocenters. The van der Waals surface area contributed by atoms with Crippen LogP contribution in [0.2, 0.25) is 0 Å². The van der Waals surface area contributed by atoms with Gasteiger partial charge in [-0.1, -0.05) is 18.2 Å². The Balaban J connectivity index is 1.72. The zero-order valence-electron chi connectivity index (χ0n) is 10.7. The minimum Gasteiger partial charge on any atom is -0.390 e. The Kier molecular flexibility index (Phi) is 3.72. The van der Waals surface area contributed by atoms with E-state index in [2.05, 4.69) is 10.3 Å². The molecule has 2 fully saturated rings. The molecule has 0 radical (unpaired) electrons. The Morgan fingerprint density at radius 2 is 2.26 bits per heavy atom. The second-order valence-electron chi connectivity index (χ2n) is 5.38. The summed E-state index contributed by atoms with van der Waals surface area (Å²) in [5.41, 5.74) is -0.458. The van der Waals surface area contributed by atoms with Gasteiger partial charge in [-0.3, -0.25) is 4.99 Å². The quantitative estimate of drug-likeness (QED) is 0.680. The maximum Gasteiger partial charge on any atom is 0.159 e. The number of thioether (sulfide) groups is 1. The van der Waals surface area contributed by atoms with Crippen molar-refractivity contribution in [2.24, 2.45) is 10.9 Å². The van der Waals surface area contributed by atoms with Crippen LogP contribution in [0.3, 0.4) is 0 Å². The van der Waals surface area contributed by atoms with Crippen molar-refractivity contribution in [3.63, 3.8) is 0 Å². The number of nitrogens with one attached hydrogen (secondary N) is 1. The second kappa shape index (κ2) is 5.20. The first-order valence-electron chi connectivity index (χ1n) is 6.69. The van der Waals surface area contributed by atoms with E-state index in [1.807, 2.05) is 0 Å². The van der Waals surface area contributed by atoms with Crippen molar-refractivity contribution in [3.8, 4) is 0 Å². The fourth-order valence-corrected chi connectivity index (χ4v) is 3.86. The van der Waals surface area contributed by atoms with E-state index in [9.17, 15) is 14.6 Å². The number of aliphatic hydroxyl groups is 2. The molecule has 0 amide bonds. The zero-order chi connectivity index (χ0) is 13.6. The molecule has 1 aliphatic carbocycles. The van der Waals surface area contributed by atoms with Gasteiger partial charge < -0.3 is 20.3 Å². The van der Waals surface area contributed by atoms with Gasteiger partial charge in [0.2, 0.25) is 0 Å². The molecule has 2 heterocycles. The van der Waals surface area contributed by atoms with Crippen molar-refractivity contribution in [3.05, 3.63) is 0 Å². The maximum absolute atomic E-state index is 14.2. The number of aliphatic imine (C=N–C) groups is 1. The molecule has 0 aromatic carbocycles.